The van der Waals surface area contributed by atoms with Crippen LogP contribution in [0.1, 0.15) is 5.56 Å². The molecule has 12 heavy (non-hydrogen) atoms. The molecule has 0 radical (unpaired) electrons. The van der Waals surface area contributed by atoms with E-state index in [1.165, 1.54) is 17.5 Å². The van der Waals surface area contributed by atoms with Crippen molar-refractivity contribution in [1.29, 1.82) is 0 Å². The summed E-state index contributed by atoms with van der Waals surface area (Å²) in [5, 5.41) is 2.72. The molecule has 0 aliphatic carbocycles. The third-order valence-electron chi connectivity index (χ3n) is 1.64. The van der Waals surface area contributed by atoms with Gasteiger partial charge in [0.1, 0.15) is 0 Å². The zero-order chi connectivity index (χ0) is 8.55. The van der Waals surface area contributed by atoms with Crippen LogP contribution in [0.4, 0.5) is 10.5 Å². The van der Waals surface area contributed by atoms with Gasteiger partial charge < -0.3 is 5.32 Å². The van der Waals surface area contributed by atoms with Crippen LogP contribution >= 0.6 is 11.9 Å². The first-order chi connectivity index (χ1) is 5.75. The topological polar surface area (TPSA) is 41.1 Å². The molecule has 0 fully saturated rings. The molecular weight excluding hydrogens is 172 g/mol. The lowest BCUT2D eigenvalue weighted by Crippen LogP contribution is -2.26. The lowest BCUT2D eigenvalue weighted by Gasteiger charge is -2.16. The van der Waals surface area contributed by atoms with Crippen LogP contribution in [0.15, 0.2) is 23.1 Å². The Labute approximate surface area is 74.7 Å². The second kappa shape index (κ2) is 2.71. The largest absolute Gasteiger partial charge is 0.329 e. The number of nitrogens with one attached hydrogen (secondary N) is 2. The van der Waals surface area contributed by atoms with Gasteiger partial charge in [-0.2, -0.15) is 0 Å². The van der Waals surface area contributed by atoms with Crippen molar-refractivity contribution < 1.29 is 4.79 Å². The summed E-state index contributed by atoms with van der Waals surface area (Å²) in [6.07, 6.45) is 0. The molecule has 1 aromatic rings. The quantitative estimate of drug-likeness (QED) is 0.600. The molecule has 62 valence electrons. The molecule has 2 rings (SSSR count). The summed E-state index contributed by atoms with van der Waals surface area (Å²) in [7, 11) is 0. The van der Waals surface area contributed by atoms with Crippen LogP contribution in [-0.2, 0) is 0 Å². The number of rotatable bonds is 0. The Morgan fingerprint density at radius 1 is 1.42 bits per heavy atom. The molecule has 1 heterocycles. The molecule has 0 spiro atoms. The Morgan fingerprint density at radius 3 is 3.08 bits per heavy atom. The normalized spacial score (nSPS) is 14.6. The maximum absolute atomic E-state index is 10.9. The molecule has 1 aliphatic heterocycles. The van der Waals surface area contributed by atoms with E-state index >= 15 is 0 Å². The number of carbonyl (C=O) groups is 1. The fourth-order valence-electron chi connectivity index (χ4n) is 1.07. The zero-order valence-corrected chi connectivity index (χ0v) is 7.37. The van der Waals surface area contributed by atoms with Crippen molar-refractivity contribution in [3.63, 3.8) is 0 Å². The second-order valence-corrected chi connectivity index (χ2v) is 3.51. The van der Waals surface area contributed by atoms with Gasteiger partial charge in [-0.3, -0.25) is 4.72 Å². The van der Waals surface area contributed by atoms with E-state index in [-0.39, 0.29) is 6.03 Å². The van der Waals surface area contributed by atoms with E-state index in [2.05, 4.69) is 10.0 Å². The summed E-state index contributed by atoms with van der Waals surface area (Å²) in [5.41, 5.74) is 2.08. The predicted molar refractivity (Wildman–Crippen MR) is 49.2 cm³/mol. The van der Waals surface area contributed by atoms with Crippen molar-refractivity contribution in [3.05, 3.63) is 23.8 Å². The van der Waals surface area contributed by atoms with Gasteiger partial charge in [0.15, 0.2) is 0 Å². The van der Waals surface area contributed by atoms with Crippen LogP contribution in [0.25, 0.3) is 0 Å². The molecule has 4 heteroatoms. The average Bonchev–Trinajstić information content (AvgIpc) is 2.05. The smallest absolute Gasteiger partial charge is 0.306 e. The maximum atomic E-state index is 10.9. The number of aryl methyl sites for hydroxylation is 1. The first-order valence-corrected chi connectivity index (χ1v) is 4.42. The van der Waals surface area contributed by atoms with Crippen molar-refractivity contribution in [1.82, 2.24) is 4.72 Å². The third kappa shape index (κ3) is 1.25. The van der Waals surface area contributed by atoms with Crippen molar-refractivity contribution >= 4 is 23.7 Å². The van der Waals surface area contributed by atoms with Gasteiger partial charge in [-0.1, -0.05) is 6.07 Å². The lowest BCUT2D eigenvalue weighted by atomic mass is 10.2. The van der Waals surface area contributed by atoms with E-state index < -0.39 is 0 Å². The SMILES string of the molecule is Cc1ccc2c(c1)SNC(=O)N2. The number of benzene rings is 1. The minimum atomic E-state index is -0.156. The molecule has 2 amide bonds. The van der Waals surface area contributed by atoms with Crippen LogP contribution in [0.2, 0.25) is 0 Å². The molecular formula is C8H8N2OS. The first kappa shape index (κ1) is 7.49. The van der Waals surface area contributed by atoms with E-state index in [9.17, 15) is 4.79 Å². The Bertz CT molecular complexity index is 338. The molecule has 0 unspecified atom stereocenters. The van der Waals surface area contributed by atoms with E-state index in [4.69, 9.17) is 0 Å². The summed E-state index contributed by atoms with van der Waals surface area (Å²) in [6.45, 7) is 2.03. The molecule has 2 N–H and O–H groups in total. The highest BCUT2D eigenvalue weighted by Crippen LogP contribution is 2.29. The van der Waals surface area contributed by atoms with Gasteiger partial charge in [-0.05, 0) is 36.6 Å². The standard InChI is InChI=1S/C8H8N2OS/c1-5-2-3-6-7(4-5)12-10-8(11)9-6/h2-4H,1H3,(H2,9,10,11). The Balaban J connectivity index is 2.43. The Hall–Kier alpha value is -1.16. The number of anilines is 1. The Kier molecular flexibility index (Phi) is 1.69. The predicted octanol–water partition coefficient (Wildman–Crippen LogP) is 2.14. The fraction of sp³-hybridized carbons (Fsp3) is 0.125. The minimum absolute atomic E-state index is 0.156. The van der Waals surface area contributed by atoms with E-state index in [0.29, 0.717) is 0 Å². The molecule has 0 atom stereocenters. The minimum Gasteiger partial charge on any atom is -0.306 e. The number of hydrogen-bond acceptors (Lipinski definition) is 2. The average molecular weight is 180 g/mol. The summed E-state index contributed by atoms with van der Waals surface area (Å²) in [4.78, 5) is 11.9. The van der Waals surface area contributed by atoms with Crippen molar-refractivity contribution in [3.8, 4) is 0 Å². The summed E-state index contributed by atoms with van der Waals surface area (Å²) >= 11 is 1.35. The molecule has 0 saturated carbocycles. The van der Waals surface area contributed by atoms with Crippen molar-refractivity contribution in [2.45, 2.75) is 11.8 Å². The lowest BCUT2D eigenvalue weighted by molar-refractivity contribution is 0.257. The fourth-order valence-corrected chi connectivity index (χ4v) is 1.79. The van der Waals surface area contributed by atoms with Crippen molar-refractivity contribution in [2.24, 2.45) is 0 Å². The summed E-state index contributed by atoms with van der Waals surface area (Å²) < 4.78 is 2.63. The Morgan fingerprint density at radius 2 is 2.25 bits per heavy atom. The van der Waals surface area contributed by atoms with Crippen LogP contribution < -0.4 is 10.0 Å². The number of amides is 2. The first-order valence-electron chi connectivity index (χ1n) is 3.60. The monoisotopic (exact) mass is 180 g/mol. The van der Waals surface area contributed by atoms with Gasteiger partial charge in [0, 0.05) is 0 Å². The van der Waals surface area contributed by atoms with E-state index in [1.807, 2.05) is 25.1 Å². The van der Waals surface area contributed by atoms with Crippen molar-refractivity contribution in [2.75, 3.05) is 5.32 Å². The van der Waals surface area contributed by atoms with Gasteiger partial charge >= 0.3 is 6.03 Å². The summed E-state index contributed by atoms with van der Waals surface area (Å²) in [5.74, 6) is 0. The van der Waals surface area contributed by atoms with Crippen LogP contribution in [0.5, 0.6) is 0 Å². The highest BCUT2D eigenvalue weighted by atomic mass is 32.2. The van der Waals surface area contributed by atoms with Crippen LogP contribution in [0.3, 0.4) is 0 Å². The number of fused-ring (bicyclic) bond motifs is 1. The van der Waals surface area contributed by atoms with Gasteiger partial charge in [0.05, 0.1) is 10.6 Å². The molecule has 1 aliphatic rings. The second-order valence-electron chi connectivity index (χ2n) is 2.66. The molecule has 0 aromatic heterocycles. The zero-order valence-electron chi connectivity index (χ0n) is 6.55. The molecule has 0 saturated heterocycles. The maximum Gasteiger partial charge on any atom is 0.329 e. The highest BCUT2D eigenvalue weighted by molar-refractivity contribution is 7.98. The summed E-state index contributed by atoms with van der Waals surface area (Å²) in [6, 6.07) is 5.77. The van der Waals surface area contributed by atoms with Gasteiger partial charge in [-0.15, -0.1) is 0 Å². The molecule has 0 bridgehead atoms. The van der Waals surface area contributed by atoms with Gasteiger partial charge in [-0.25, -0.2) is 4.79 Å². The van der Waals surface area contributed by atoms with E-state index in [0.717, 1.165) is 10.6 Å². The molecule has 1 aromatic carbocycles. The van der Waals surface area contributed by atoms with Gasteiger partial charge in [0.25, 0.3) is 0 Å². The van der Waals surface area contributed by atoms with Crippen LogP contribution in [0, 0.1) is 6.92 Å². The third-order valence-corrected chi connectivity index (χ3v) is 2.48. The van der Waals surface area contributed by atoms with E-state index in [1.54, 1.807) is 0 Å². The highest BCUT2D eigenvalue weighted by Gasteiger charge is 2.13. The van der Waals surface area contributed by atoms with Gasteiger partial charge in [0.2, 0.25) is 0 Å². The molecule has 3 nitrogen and oxygen atoms in total. The number of carbonyl (C=O) groups excluding carboxylic acids is 1. The van der Waals surface area contributed by atoms with Crippen LogP contribution in [-0.4, -0.2) is 6.03 Å². The number of hydrogen-bond donors (Lipinski definition) is 2. The number of urea groups is 1.